The van der Waals surface area contributed by atoms with Gasteiger partial charge >= 0.3 is 0 Å². The zero-order valence-electron chi connectivity index (χ0n) is 11.3. The number of nitrogen functional groups attached to an aromatic ring is 1. The van der Waals surface area contributed by atoms with Crippen LogP contribution in [-0.2, 0) is 13.0 Å². The summed E-state index contributed by atoms with van der Waals surface area (Å²) in [6, 6.07) is 7.49. The first kappa shape index (κ1) is 13.1. The van der Waals surface area contributed by atoms with E-state index < -0.39 is 0 Å². The molecule has 1 aliphatic heterocycles. The summed E-state index contributed by atoms with van der Waals surface area (Å²) in [4.78, 5) is 14.5. The molecule has 0 saturated carbocycles. The molecule has 0 bridgehead atoms. The van der Waals surface area contributed by atoms with Crippen LogP contribution in [0, 0.1) is 0 Å². The summed E-state index contributed by atoms with van der Waals surface area (Å²) in [5, 5.41) is 0.579. The number of nitrogens with zero attached hydrogens (tertiary/aromatic N) is 2. The molecule has 5 heteroatoms. The number of nitrogens with two attached hydrogens (primary N) is 1. The summed E-state index contributed by atoms with van der Waals surface area (Å²) in [5.74, 6) is -0.0459. The number of amides is 1. The number of para-hydroxylation sites is 1. The SMILES string of the molecule is CCn1cc(Cl)cc1C(=O)N1CCc2cccc(N)c21. The predicted octanol–water partition coefficient (Wildman–Crippen LogP) is 2.95. The number of aryl methyl sites for hydroxylation is 1. The monoisotopic (exact) mass is 289 g/mol. The number of carbonyl (C=O) groups is 1. The normalized spacial score (nSPS) is 13.6. The highest BCUT2D eigenvalue weighted by Crippen LogP contribution is 2.34. The zero-order valence-corrected chi connectivity index (χ0v) is 12.0. The Bertz CT molecular complexity index is 678. The van der Waals surface area contributed by atoms with Crippen molar-refractivity contribution in [2.24, 2.45) is 0 Å². The predicted molar refractivity (Wildman–Crippen MR) is 81.4 cm³/mol. The van der Waals surface area contributed by atoms with Crippen LogP contribution >= 0.6 is 11.6 Å². The van der Waals surface area contributed by atoms with Crippen LogP contribution in [0.3, 0.4) is 0 Å². The Hall–Kier alpha value is -1.94. The van der Waals surface area contributed by atoms with Crippen molar-refractivity contribution in [1.82, 2.24) is 4.57 Å². The summed E-state index contributed by atoms with van der Waals surface area (Å²) < 4.78 is 1.86. The lowest BCUT2D eigenvalue weighted by Crippen LogP contribution is -2.31. The van der Waals surface area contributed by atoms with Crippen LogP contribution in [0.15, 0.2) is 30.5 Å². The summed E-state index contributed by atoms with van der Waals surface area (Å²) >= 11 is 6.01. The van der Waals surface area contributed by atoms with Crippen molar-refractivity contribution in [3.05, 3.63) is 46.7 Å². The Morgan fingerprint density at radius 2 is 2.25 bits per heavy atom. The molecule has 4 nitrogen and oxygen atoms in total. The second-order valence-corrected chi connectivity index (χ2v) is 5.33. The lowest BCUT2D eigenvalue weighted by molar-refractivity contribution is 0.0980. The van der Waals surface area contributed by atoms with Gasteiger partial charge < -0.3 is 15.2 Å². The second kappa shape index (κ2) is 4.87. The molecule has 1 aromatic carbocycles. The summed E-state index contributed by atoms with van der Waals surface area (Å²) in [5.41, 5.74) is 9.25. The molecule has 0 aliphatic carbocycles. The molecular weight excluding hydrogens is 274 g/mol. The Labute approximate surface area is 122 Å². The molecule has 0 fully saturated rings. The van der Waals surface area contributed by atoms with Gasteiger partial charge in [0.2, 0.25) is 0 Å². The molecule has 1 aliphatic rings. The molecule has 20 heavy (non-hydrogen) atoms. The van der Waals surface area contributed by atoms with E-state index in [4.69, 9.17) is 17.3 Å². The molecule has 3 rings (SSSR count). The average molecular weight is 290 g/mol. The summed E-state index contributed by atoms with van der Waals surface area (Å²) in [6.45, 7) is 3.35. The molecule has 2 heterocycles. The molecule has 2 aromatic rings. The first-order chi connectivity index (χ1) is 9.61. The Balaban J connectivity index is 2.02. The van der Waals surface area contributed by atoms with E-state index in [0.717, 1.165) is 17.7 Å². The fourth-order valence-electron chi connectivity index (χ4n) is 2.74. The quantitative estimate of drug-likeness (QED) is 0.864. The van der Waals surface area contributed by atoms with Crippen molar-refractivity contribution in [1.29, 1.82) is 0 Å². The Morgan fingerprint density at radius 3 is 3.00 bits per heavy atom. The molecular formula is C15H16ClN3O. The lowest BCUT2D eigenvalue weighted by Gasteiger charge is -2.19. The van der Waals surface area contributed by atoms with E-state index in [1.54, 1.807) is 17.2 Å². The molecule has 0 saturated heterocycles. The fourth-order valence-corrected chi connectivity index (χ4v) is 2.96. The van der Waals surface area contributed by atoms with Crippen LogP contribution in [0.2, 0.25) is 5.02 Å². The standard InChI is InChI=1S/C15H16ClN3O/c1-2-18-9-11(16)8-13(18)15(20)19-7-6-10-4-3-5-12(17)14(10)19/h3-5,8-9H,2,6-7,17H2,1H3. The number of hydrogen-bond donors (Lipinski definition) is 1. The van der Waals surface area contributed by atoms with Crippen LogP contribution in [0.1, 0.15) is 23.0 Å². The lowest BCUT2D eigenvalue weighted by atomic mass is 10.1. The van der Waals surface area contributed by atoms with Gasteiger partial charge in [-0.2, -0.15) is 0 Å². The minimum absolute atomic E-state index is 0.0459. The molecule has 1 aromatic heterocycles. The zero-order chi connectivity index (χ0) is 14.3. The summed E-state index contributed by atoms with van der Waals surface area (Å²) in [6.07, 6.45) is 2.62. The third kappa shape index (κ3) is 1.96. The van der Waals surface area contributed by atoms with Crippen LogP contribution in [0.4, 0.5) is 11.4 Å². The highest BCUT2D eigenvalue weighted by atomic mass is 35.5. The van der Waals surface area contributed by atoms with Gasteiger partial charge in [0.25, 0.3) is 5.91 Å². The number of carbonyl (C=O) groups excluding carboxylic acids is 1. The molecule has 104 valence electrons. The number of fused-ring (bicyclic) bond motifs is 1. The van der Waals surface area contributed by atoms with Gasteiger partial charge in [0, 0.05) is 19.3 Å². The van der Waals surface area contributed by atoms with E-state index in [1.165, 1.54) is 0 Å². The molecule has 0 radical (unpaired) electrons. The van der Waals surface area contributed by atoms with Gasteiger partial charge in [0.15, 0.2) is 0 Å². The van der Waals surface area contributed by atoms with Crippen LogP contribution in [0.25, 0.3) is 0 Å². The van der Waals surface area contributed by atoms with Gasteiger partial charge in [-0.1, -0.05) is 23.7 Å². The topological polar surface area (TPSA) is 51.3 Å². The van der Waals surface area contributed by atoms with Crippen molar-refractivity contribution in [3.8, 4) is 0 Å². The first-order valence-corrected chi connectivity index (χ1v) is 7.04. The molecule has 2 N–H and O–H groups in total. The number of halogens is 1. The molecule has 1 amide bonds. The number of hydrogen-bond acceptors (Lipinski definition) is 2. The Morgan fingerprint density at radius 1 is 1.45 bits per heavy atom. The van der Waals surface area contributed by atoms with Crippen LogP contribution in [0.5, 0.6) is 0 Å². The highest BCUT2D eigenvalue weighted by molar-refractivity contribution is 6.31. The Kier molecular flexibility index (Phi) is 3.18. The largest absolute Gasteiger partial charge is 0.397 e. The second-order valence-electron chi connectivity index (χ2n) is 4.89. The highest BCUT2D eigenvalue weighted by Gasteiger charge is 2.29. The maximum atomic E-state index is 12.7. The van der Waals surface area contributed by atoms with Gasteiger partial charge in [-0.3, -0.25) is 4.79 Å². The molecule has 0 unspecified atom stereocenters. The minimum atomic E-state index is -0.0459. The van der Waals surface area contributed by atoms with E-state index in [0.29, 0.717) is 29.5 Å². The average Bonchev–Trinajstić information content (AvgIpc) is 3.02. The van der Waals surface area contributed by atoms with Crippen molar-refractivity contribution in [2.45, 2.75) is 19.9 Å². The first-order valence-electron chi connectivity index (χ1n) is 6.66. The van der Waals surface area contributed by atoms with Crippen LogP contribution in [-0.4, -0.2) is 17.0 Å². The summed E-state index contributed by atoms with van der Waals surface area (Å²) in [7, 11) is 0. The van der Waals surface area contributed by atoms with E-state index >= 15 is 0 Å². The van der Waals surface area contributed by atoms with Crippen molar-refractivity contribution < 1.29 is 4.79 Å². The van der Waals surface area contributed by atoms with Gasteiger partial charge in [-0.25, -0.2) is 0 Å². The van der Waals surface area contributed by atoms with Gasteiger partial charge in [-0.15, -0.1) is 0 Å². The number of anilines is 2. The van der Waals surface area contributed by atoms with Gasteiger partial charge in [0.1, 0.15) is 5.69 Å². The molecule has 0 spiro atoms. The van der Waals surface area contributed by atoms with E-state index in [1.807, 2.05) is 29.7 Å². The number of aromatic nitrogens is 1. The van der Waals surface area contributed by atoms with Crippen molar-refractivity contribution >= 4 is 28.9 Å². The maximum absolute atomic E-state index is 12.7. The van der Waals surface area contributed by atoms with E-state index in [-0.39, 0.29) is 5.91 Å². The van der Waals surface area contributed by atoms with E-state index in [2.05, 4.69) is 0 Å². The third-order valence-corrected chi connectivity index (χ3v) is 3.90. The van der Waals surface area contributed by atoms with Gasteiger partial charge in [0.05, 0.1) is 16.4 Å². The van der Waals surface area contributed by atoms with Gasteiger partial charge in [-0.05, 0) is 31.0 Å². The van der Waals surface area contributed by atoms with Crippen LogP contribution < -0.4 is 10.6 Å². The molecule has 0 atom stereocenters. The maximum Gasteiger partial charge on any atom is 0.275 e. The minimum Gasteiger partial charge on any atom is -0.397 e. The van der Waals surface area contributed by atoms with Crippen molar-refractivity contribution in [2.75, 3.05) is 17.2 Å². The van der Waals surface area contributed by atoms with E-state index in [9.17, 15) is 4.79 Å². The van der Waals surface area contributed by atoms with Crippen molar-refractivity contribution in [3.63, 3.8) is 0 Å². The number of benzene rings is 1. The third-order valence-electron chi connectivity index (χ3n) is 3.69. The number of rotatable bonds is 2. The smallest absolute Gasteiger partial charge is 0.275 e. The fraction of sp³-hybridized carbons (Fsp3) is 0.267.